The Kier molecular flexibility index (Phi) is 5.48. The number of hydrogen-bond donors (Lipinski definition) is 0. The summed E-state index contributed by atoms with van der Waals surface area (Å²) in [5.41, 5.74) is 0.110. The second kappa shape index (κ2) is 8.30. The predicted molar refractivity (Wildman–Crippen MR) is 148 cm³/mol. The molecule has 3 aliphatic rings. The van der Waals surface area contributed by atoms with E-state index in [1.807, 2.05) is 0 Å². The van der Waals surface area contributed by atoms with Crippen LogP contribution in [0.25, 0.3) is 0 Å². The molecule has 1 fully saturated rings. The molecule has 3 aromatic rings. The summed E-state index contributed by atoms with van der Waals surface area (Å²) in [7, 11) is 0. The molecule has 2 spiro atoms. The highest BCUT2D eigenvalue weighted by Gasteiger charge is 2.91. The lowest BCUT2D eigenvalue weighted by Gasteiger charge is -2.19. The van der Waals surface area contributed by atoms with Gasteiger partial charge in [0.2, 0.25) is 0 Å². The minimum Gasteiger partial charge on any atom is -0.271 e. The molecule has 37 heavy (non-hydrogen) atoms. The molecular formula is C27H18Cl4N4O2. The van der Waals surface area contributed by atoms with Crippen LogP contribution in [0.4, 0.5) is 11.4 Å². The Hall–Kier alpha value is -2.90. The highest BCUT2D eigenvalue weighted by atomic mass is 35.5. The molecule has 0 radical (unpaired) electrons. The molecule has 2 aliphatic heterocycles. The Bertz CT molecular complexity index is 1460. The van der Waals surface area contributed by atoms with Crippen molar-refractivity contribution in [2.75, 3.05) is 10.0 Å². The summed E-state index contributed by atoms with van der Waals surface area (Å²) in [4.78, 5) is 28.7. The first-order valence-electron chi connectivity index (χ1n) is 11.4. The van der Waals surface area contributed by atoms with Crippen molar-refractivity contribution in [2.45, 2.75) is 19.8 Å². The Morgan fingerprint density at radius 2 is 1.05 bits per heavy atom. The average molecular weight is 572 g/mol. The Morgan fingerprint density at radius 3 is 1.46 bits per heavy atom. The van der Waals surface area contributed by atoms with E-state index in [0.29, 0.717) is 48.5 Å². The number of fused-ring (bicyclic) bond motifs is 1. The van der Waals surface area contributed by atoms with Crippen LogP contribution in [0.15, 0.2) is 76.9 Å². The monoisotopic (exact) mass is 570 g/mol. The molecule has 2 amide bonds. The van der Waals surface area contributed by atoms with Crippen molar-refractivity contribution in [3.63, 3.8) is 0 Å². The van der Waals surface area contributed by atoms with E-state index in [2.05, 4.69) is 10.2 Å². The third kappa shape index (κ3) is 3.13. The molecule has 186 valence electrons. The molecule has 0 aromatic heterocycles. The topological polar surface area (TPSA) is 65.3 Å². The van der Waals surface area contributed by atoms with Crippen molar-refractivity contribution in [3.05, 3.63) is 92.4 Å². The zero-order valence-corrected chi connectivity index (χ0v) is 22.6. The maximum atomic E-state index is 14.4. The summed E-state index contributed by atoms with van der Waals surface area (Å²) in [6.45, 7) is 3.54. The van der Waals surface area contributed by atoms with Crippen LogP contribution in [-0.2, 0) is 9.59 Å². The maximum absolute atomic E-state index is 14.4. The third-order valence-electron chi connectivity index (χ3n) is 7.52. The number of carbonyl (C=O) groups is 2. The minimum absolute atomic E-state index is 0.329. The van der Waals surface area contributed by atoms with Gasteiger partial charge < -0.3 is 0 Å². The summed E-state index contributed by atoms with van der Waals surface area (Å²) < 4.78 is 0. The van der Waals surface area contributed by atoms with Crippen LogP contribution in [-0.4, -0.2) is 23.2 Å². The number of carbonyl (C=O) groups excluding carboxylic acids is 2. The summed E-state index contributed by atoms with van der Waals surface area (Å²) in [6.07, 6.45) is 0. The number of benzene rings is 3. The van der Waals surface area contributed by atoms with Crippen LogP contribution in [0.5, 0.6) is 0 Å². The summed E-state index contributed by atoms with van der Waals surface area (Å²) in [5, 5.41) is 13.9. The first-order chi connectivity index (χ1) is 17.6. The van der Waals surface area contributed by atoms with Gasteiger partial charge in [-0.25, -0.2) is 0 Å². The number of rotatable bonds is 3. The molecule has 0 N–H and O–H groups in total. The number of halogens is 4. The van der Waals surface area contributed by atoms with Crippen molar-refractivity contribution >= 4 is 81.0 Å². The molecule has 3 aromatic carbocycles. The van der Waals surface area contributed by atoms with Gasteiger partial charge in [0.05, 0.1) is 22.8 Å². The third-order valence-corrected chi connectivity index (χ3v) is 8.59. The second-order valence-electron chi connectivity index (χ2n) is 9.27. The second-order valence-corrected chi connectivity index (χ2v) is 11.0. The molecule has 1 aliphatic carbocycles. The van der Waals surface area contributed by atoms with Crippen LogP contribution in [0.1, 0.15) is 25.3 Å². The molecule has 6 rings (SSSR count). The fourth-order valence-electron chi connectivity index (χ4n) is 5.96. The summed E-state index contributed by atoms with van der Waals surface area (Å²) in [6, 6.07) is 18.7. The lowest BCUT2D eigenvalue weighted by molar-refractivity contribution is -0.126. The fraction of sp³-hybridized carbons (Fsp3) is 0.185. The van der Waals surface area contributed by atoms with Gasteiger partial charge in [-0.2, -0.15) is 20.2 Å². The zero-order chi connectivity index (χ0) is 26.3. The number of anilines is 2. The number of hydrogen-bond acceptors (Lipinski definition) is 4. The van der Waals surface area contributed by atoms with E-state index in [4.69, 9.17) is 46.4 Å². The van der Waals surface area contributed by atoms with Gasteiger partial charge in [-0.1, -0.05) is 52.5 Å². The van der Waals surface area contributed by atoms with Crippen molar-refractivity contribution in [1.29, 1.82) is 0 Å². The van der Waals surface area contributed by atoms with Crippen LogP contribution >= 0.6 is 46.4 Å². The fourth-order valence-corrected chi connectivity index (χ4v) is 6.73. The number of amides is 2. The zero-order valence-electron chi connectivity index (χ0n) is 19.5. The molecule has 2 atom stereocenters. The van der Waals surface area contributed by atoms with Gasteiger partial charge in [0.25, 0.3) is 11.8 Å². The molecule has 2 heterocycles. The van der Waals surface area contributed by atoms with E-state index >= 15 is 0 Å². The SMILES string of the molecule is CC1=NN(c2ccc(Cl)cc2)C(=O)C12C(c1ccc(Cl)cc1Cl)C21C(=O)N(c2ccc(Cl)cc2)N=C1C. The van der Waals surface area contributed by atoms with Crippen molar-refractivity contribution in [1.82, 2.24) is 0 Å². The average Bonchev–Trinajstić information content (AvgIpc) is 3.33. The van der Waals surface area contributed by atoms with E-state index < -0.39 is 16.7 Å². The molecule has 2 unspecified atom stereocenters. The van der Waals surface area contributed by atoms with Crippen molar-refractivity contribution in [2.24, 2.45) is 21.0 Å². The highest BCUT2D eigenvalue weighted by Crippen LogP contribution is 2.79. The van der Waals surface area contributed by atoms with Gasteiger partial charge >= 0.3 is 0 Å². The van der Waals surface area contributed by atoms with E-state index in [-0.39, 0.29) is 11.8 Å². The Labute approximate surface area is 233 Å². The molecule has 0 saturated heterocycles. The van der Waals surface area contributed by atoms with Crippen LogP contribution < -0.4 is 10.0 Å². The van der Waals surface area contributed by atoms with Gasteiger partial charge in [0.1, 0.15) is 10.8 Å². The van der Waals surface area contributed by atoms with Gasteiger partial charge in [0.15, 0.2) is 0 Å². The standard InChI is InChI=1S/C27H18Cl4N4O2/c1-14-26(24(36)34(32-14)19-8-3-16(28)4-9-19)23(21-12-7-18(30)13-22(21)31)27(26)15(2)33-35(25(27)37)20-10-5-17(29)6-11-20/h3-13,23H,1-2H3. The van der Waals surface area contributed by atoms with E-state index in [0.717, 1.165) is 0 Å². The lowest BCUT2D eigenvalue weighted by Crippen LogP contribution is -2.40. The van der Waals surface area contributed by atoms with Gasteiger partial charge in [-0.15, -0.1) is 0 Å². The quantitative estimate of drug-likeness (QED) is 0.333. The van der Waals surface area contributed by atoms with Gasteiger partial charge in [-0.3, -0.25) is 9.59 Å². The van der Waals surface area contributed by atoms with E-state index in [9.17, 15) is 9.59 Å². The van der Waals surface area contributed by atoms with Crippen LogP contribution in [0, 0.1) is 10.8 Å². The first kappa shape index (κ1) is 24.4. The first-order valence-corrected chi connectivity index (χ1v) is 12.9. The number of hydrazone groups is 2. The number of nitrogens with zero attached hydrogens (tertiary/aromatic N) is 4. The lowest BCUT2D eigenvalue weighted by atomic mass is 9.85. The van der Waals surface area contributed by atoms with Crippen molar-refractivity contribution in [3.8, 4) is 0 Å². The van der Waals surface area contributed by atoms with Crippen LogP contribution in [0.2, 0.25) is 20.1 Å². The largest absolute Gasteiger partial charge is 0.271 e. The Morgan fingerprint density at radius 1 is 0.649 bits per heavy atom. The van der Waals surface area contributed by atoms with Gasteiger partial charge in [0, 0.05) is 26.0 Å². The molecule has 1 saturated carbocycles. The van der Waals surface area contributed by atoms with Crippen molar-refractivity contribution < 1.29 is 9.59 Å². The summed E-state index contributed by atoms with van der Waals surface area (Å²) >= 11 is 25.0. The molecule has 10 heteroatoms. The van der Waals surface area contributed by atoms with E-state index in [1.165, 1.54) is 10.0 Å². The minimum atomic E-state index is -1.31. The summed E-state index contributed by atoms with van der Waals surface area (Å²) in [5.74, 6) is -1.29. The van der Waals surface area contributed by atoms with E-state index in [1.54, 1.807) is 80.6 Å². The molecule has 0 bridgehead atoms. The maximum Gasteiger partial charge on any atom is 0.261 e. The molecular weight excluding hydrogens is 554 g/mol. The molecule has 6 nitrogen and oxygen atoms in total. The van der Waals surface area contributed by atoms with Crippen LogP contribution in [0.3, 0.4) is 0 Å². The Balaban J connectivity index is 1.53. The predicted octanol–water partition coefficient (Wildman–Crippen LogP) is 7.22. The van der Waals surface area contributed by atoms with Gasteiger partial charge in [-0.05, 0) is 80.1 Å². The normalized spacial score (nSPS) is 26.4. The smallest absolute Gasteiger partial charge is 0.261 e. The highest BCUT2D eigenvalue weighted by molar-refractivity contribution is 6.39.